The van der Waals surface area contributed by atoms with Crippen LogP contribution in [0, 0.1) is 5.82 Å². The summed E-state index contributed by atoms with van der Waals surface area (Å²) >= 11 is 0. The van der Waals surface area contributed by atoms with E-state index in [0.29, 0.717) is 6.04 Å². The second kappa shape index (κ2) is 3.31. The Hall–Kier alpha value is -1.42. The van der Waals surface area contributed by atoms with E-state index in [1.807, 2.05) is 4.68 Å². The molecule has 15 heavy (non-hydrogen) atoms. The van der Waals surface area contributed by atoms with Crippen molar-refractivity contribution in [3.05, 3.63) is 30.2 Å². The molecule has 1 unspecified atom stereocenters. The zero-order chi connectivity index (χ0) is 10.3. The molecule has 1 N–H and O–H groups in total. The van der Waals surface area contributed by atoms with Crippen LogP contribution in [0.15, 0.2) is 24.4 Å². The van der Waals surface area contributed by atoms with Crippen molar-refractivity contribution >= 4 is 10.9 Å². The molecule has 2 aromatic rings. The Labute approximate surface area is 86.9 Å². The van der Waals surface area contributed by atoms with Crippen LogP contribution in [0.3, 0.4) is 0 Å². The summed E-state index contributed by atoms with van der Waals surface area (Å²) in [4.78, 5) is 0. The number of halogens is 1. The third kappa shape index (κ3) is 1.41. The third-order valence-corrected chi connectivity index (χ3v) is 2.94. The smallest absolute Gasteiger partial charge is 0.124 e. The SMILES string of the molecule is Fc1ccc2c(cnn2C2CCNC2)c1. The maximum Gasteiger partial charge on any atom is 0.124 e. The van der Waals surface area contributed by atoms with E-state index in [-0.39, 0.29) is 5.82 Å². The minimum Gasteiger partial charge on any atom is -0.315 e. The van der Waals surface area contributed by atoms with Crippen molar-refractivity contribution in [1.29, 1.82) is 0 Å². The summed E-state index contributed by atoms with van der Waals surface area (Å²) in [6, 6.07) is 5.23. The van der Waals surface area contributed by atoms with Crippen LogP contribution in [-0.2, 0) is 0 Å². The van der Waals surface area contributed by atoms with Gasteiger partial charge < -0.3 is 5.32 Å². The second-order valence-corrected chi connectivity index (χ2v) is 3.94. The van der Waals surface area contributed by atoms with E-state index in [0.717, 1.165) is 30.4 Å². The van der Waals surface area contributed by atoms with Gasteiger partial charge in [0, 0.05) is 11.9 Å². The van der Waals surface area contributed by atoms with Gasteiger partial charge in [0.15, 0.2) is 0 Å². The minimum atomic E-state index is -0.202. The molecule has 0 amide bonds. The Bertz CT molecular complexity index is 486. The number of nitrogens with one attached hydrogen (secondary N) is 1. The van der Waals surface area contributed by atoms with Crippen molar-refractivity contribution in [2.24, 2.45) is 0 Å². The quantitative estimate of drug-likeness (QED) is 0.768. The van der Waals surface area contributed by atoms with Crippen LogP contribution >= 0.6 is 0 Å². The van der Waals surface area contributed by atoms with Crippen molar-refractivity contribution in [2.45, 2.75) is 12.5 Å². The highest BCUT2D eigenvalue weighted by atomic mass is 19.1. The molecular weight excluding hydrogens is 193 g/mol. The number of aromatic nitrogens is 2. The van der Waals surface area contributed by atoms with Crippen LogP contribution in [0.5, 0.6) is 0 Å². The van der Waals surface area contributed by atoms with Crippen LogP contribution in [-0.4, -0.2) is 22.9 Å². The van der Waals surface area contributed by atoms with Crippen LogP contribution < -0.4 is 5.32 Å². The molecule has 1 saturated heterocycles. The number of nitrogens with zero attached hydrogens (tertiary/aromatic N) is 2. The lowest BCUT2D eigenvalue weighted by Crippen LogP contribution is -2.14. The number of hydrogen-bond acceptors (Lipinski definition) is 2. The van der Waals surface area contributed by atoms with Gasteiger partial charge in [-0.05, 0) is 31.2 Å². The van der Waals surface area contributed by atoms with E-state index in [1.165, 1.54) is 12.1 Å². The molecule has 4 heteroatoms. The van der Waals surface area contributed by atoms with E-state index in [9.17, 15) is 4.39 Å². The first-order valence-electron chi connectivity index (χ1n) is 5.18. The first kappa shape index (κ1) is 8.85. The molecule has 0 aliphatic carbocycles. The van der Waals surface area contributed by atoms with Crippen LogP contribution in [0.25, 0.3) is 10.9 Å². The van der Waals surface area contributed by atoms with Crippen molar-refractivity contribution < 1.29 is 4.39 Å². The predicted octanol–water partition coefficient (Wildman–Crippen LogP) is 1.71. The summed E-state index contributed by atoms with van der Waals surface area (Å²) in [5, 5.41) is 8.51. The average Bonchev–Trinajstić information content (AvgIpc) is 2.82. The van der Waals surface area contributed by atoms with Gasteiger partial charge in [-0.25, -0.2) is 4.39 Å². The zero-order valence-electron chi connectivity index (χ0n) is 8.28. The van der Waals surface area contributed by atoms with Crippen molar-refractivity contribution in [1.82, 2.24) is 15.1 Å². The number of rotatable bonds is 1. The third-order valence-electron chi connectivity index (χ3n) is 2.94. The molecule has 3 rings (SSSR count). The standard InChI is InChI=1S/C11H12FN3/c12-9-1-2-11-8(5-9)6-14-15(11)10-3-4-13-7-10/h1-2,5-6,10,13H,3-4,7H2. The van der Waals surface area contributed by atoms with Gasteiger partial charge in [0.1, 0.15) is 5.82 Å². The molecule has 0 bridgehead atoms. The molecule has 0 spiro atoms. The zero-order valence-corrected chi connectivity index (χ0v) is 8.28. The topological polar surface area (TPSA) is 29.9 Å². The predicted molar refractivity (Wildman–Crippen MR) is 56.2 cm³/mol. The van der Waals surface area contributed by atoms with Gasteiger partial charge in [0.2, 0.25) is 0 Å². The van der Waals surface area contributed by atoms with E-state index >= 15 is 0 Å². The first-order valence-corrected chi connectivity index (χ1v) is 5.18. The van der Waals surface area contributed by atoms with Gasteiger partial charge >= 0.3 is 0 Å². The monoisotopic (exact) mass is 205 g/mol. The van der Waals surface area contributed by atoms with Crippen molar-refractivity contribution in [3.8, 4) is 0 Å². The summed E-state index contributed by atoms with van der Waals surface area (Å²) in [5.74, 6) is -0.202. The lowest BCUT2D eigenvalue weighted by molar-refractivity contribution is 0.506. The molecule has 1 fully saturated rings. The molecule has 1 aromatic carbocycles. The normalized spacial score (nSPS) is 21.3. The summed E-state index contributed by atoms with van der Waals surface area (Å²) in [6.07, 6.45) is 2.82. The van der Waals surface area contributed by atoms with Crippen molar-refractivity contribution in [3.63, 3.8) is 0 Å². The van der Waals surface area contributed by atoms with E-state index < -0.39 is 0 Å². The summed E-state index contributed by atoms with van der Waals surface area (Å²) < 4.78 is 15.0. The molecule has 1 aromatic heterocycles. The van der Waals surface area contributed by atoms with E-state index in [1.54, 1.807) is 12.3 Å². The fourth-order valence-electron chi connectivity index (χ4n) is 2.16. The highest BCUT2D eigenvalue weighted by molar-refractivity contribution is 5.78. The maximum absolute atomic E-state index is 13.0. The van der Waals surface area contributed by atoms with Crippen molar-refractivity contribution in [2.75, 3.05) is 13.1 Å². The Morgan fingerprint density at radius 1 is 1.47 bits per heavy atom. The molecule has 0 saturated carbocycles. The van der Waals surface area contributed by atoms with Gasteiger partial charge in [-0.3, -0.25) is 4.68 Å². The summed E-state index contributed by atoms with van der Waals surface area (Å²) in [5.41, 5.74) is 1.02. The fourth-order valence-corrected chi connectivity index (χ4v) is 2.16. The van der Waals surface area contributed by atoms with Gasteiger partial charge in [0.25, 0.3) is 0 Å². The molecule has 78 valence electrons. The molecule has 3 nitrogen and oxygen atoms in total. The number of hydrogen-bond donors (Lipinski definition) is 1. The Balaban J connectivity index is 2.11. The Kier molecular flexibility index (Phi) is 1.95. The largest absolute Gasteiger partial charge is 0.315 e. The lowest BCUT2D eigenvalue weighted by atomic mass is 10.2. The highest BCUT2D eigenvalue weighted by Gasteiger charge is 2.18. The number of benzene rings is 1. The summed E-state index contributed by atoms with van der Waals surface area (Å²) in [6.45, 7) is 1.99. The van der Waals surface area contributed by atoms with Gasteiger partial charge in [-0.1, -0.05) is 0 Å². The number of fused-ring (bicyclic) bond motifs is 1. The van der Waals surface area contributed by atoms with E-state index in [2.05, 4.69) is 10.4 Å². The van der Waals surface area contributed by atoms with Crippen LogP contribution in [0.2, 0.25) is 0 Å². The molecule has 2 heterocycles. The molecule has 1 atom stereocenters. The molecule has 1 aliphatic rings. The Morgan fingerprint density at radius 2 is 2.40 bits per heavy atom. The molecule has 0 radical (unpaired) electrons. The highest BCUT2D eigenvalue weighted by Crippen LogP contribution is 2.22. The minimum absolute atomic E-state index is 0.202. The maximum atomic E-state index is 13.0. The lowest BCUT2D eigenvalue weighted by Gasteiger charge is -2.10. The molecule has 1 aliphatic heterocycles. The van der Waals surface area contributed by atoms with Crippen LogP contribution in [0.1, 0.15) is 12.5 Å². The van der Waals surface area contributed by atoms with Gasteiger partial charge in [-0.15, -0.1) is 0 Å². The Morgan fingerprint density at radius 3 is 3.20 bits per heavy atom. The van der Waals surface area contributed by atoms with Gasteiger partial charge in [0.05, 0.1) is 17.8 Å². The van der Waals surface area contributed by atoms with Gasteiger partial charge in [-0.2, -0.15) is 5.10 Å². The van der Waals surface area contributed by atoms with Crippen LogP contribution in [0.4, 0.5) is 4.39 Å². The fraction of sp³-hybridized carbons (Fsp3) is 0.364. The summed E-state index contributed by atoms with van der Waals surface area (Å²) in [7, 11) is 0. The second-order valence-electron chi connectivity index (χ2n) is 3.94. The average molecular weight is 205 g/mol. The first-order chi connectivity index (χ1) is 7.34. The van der Waals surface area contributed by atoms with E-state index in [4.69, 9.17) is 0 Å². The molecular formula is C11H12FN3.